The van der Waals surface area contributed by atoms with Gasteiger partial charge in [-0.3, -0.25) is 0 Å². The highest BCUT2D eigenvalue weighted by molar-refractivity contribution is 5.86. The van der Waals surface area contributed by atoms with Gasteiger partial charge in [-0.1, -0.05) is 6.08 Å². The van der Waals surface area contributed by atoms with Gasteiger partial charge in [0.25, 0.3) is 0 Å². The fourth-order valence-corrected chi connectivity index (χ4v) is 1.55. The largest absolute Gasteiger partial charge is 0.498 e. The summed E-state index contributed by atoms with van der Waals surface area (Å²) in [5.74, 6) is 1.29. The molecule has 0 unspecified atom stereocenters. The van der Waals surface area contributed by atoms with Crippen LogP contribution in [0.2, 0.25) is 0 Å². The molecule has 2 heterocycles. The van der Waals surface area contributed by atoms with Gasteiger partial charge in [0.2, 0.25) is 5.76 Å². The van der Waals surface area contributed by atoms with E-state index in [2.05, 4.69) is 0 Å². The van der Waals surface area contributed by atoms with Gasteiger partial charge in [-0.05, 0) is 44.1 Å². The maximum atomic E-state index is 11.6. The fraction of sp³-hybridized carbons (Fsp3) is 0.357. The Bertz CT molecular complexity index is 468. The maximum absolute atomic E-state index is 11.6. The normalized spacial score (nSPS) is 22.1. The number of ether oxygens (including phenoxy) is 2. The average Bonchev–Trinajstić information content (AvgIpc) is 2.81. The van der Waals surface area contributed by atoms with Crippen LogP contribution in [0.3, 0.4) is 0 Å². The van der Waals surface area contributed by atoms with E-state index in [0.29, 0.717) is 19.0 Å². The maximum Gasteiger partial charge on any atom is 0.374 e. The molecule has 96 valence electrons. The van der Waals surface area contributed by atoms with E-state index in [1.54, 1.807) is 18.2 Å². The smallest absolute Gasteiger partial charge is 0.374 e. The van der Waals surface area contributed by atoms with Gasteiger partial charge in [0.15, 0.2) is 0 Å². The lowest BCUT2D eigenvalue weighted by Crippen LogP contribution is -2.06. The molecule has 1 aliphatic rings. The molecule has 0 saturated heterocycles. The van der Waals surface area contributed by atoms with E-state index in [-0.39, 0.29) is 5.76 Å². The number of hydrogen-bond donors (Lipinski definition) is 0. The number of rotatable bonds is 0. The zero-order valence-electron chi connectivity index (χ0n) is 10.3. The molecule has 0 atom stereocenters. The Labute approximate surface area is 106 Å². The molecule has 0 aliphatic carbocycles. The molecule has 2 bridgehead atoms. The first-order valence-electron chi connectivity index (χ1n) is 6.00. The molecule has 1 aliphatic heterocycles. The summed E-state index contributed by atoms with van der Waals surface area (Å²) in [5, 5.41) is 0. The number of cyclic esters (lactones) is 1. The van der Waals surface area contributed by atoms with Crippen LogP contribution in [0.25, 0.3) is 6.08 Å². The van der Waals surface area contributed by atoms with E-state index < -0.39 is 5.97 Å². The minimum absolute atomic E-state index is 0.240. The second-order valence-electron chi connectivity index (χ2n) is 4.03. The van der Waals surface area contributed by atoms with E-state index in [1.165, 1.54) is 0 Å². The van der Waals surface area contributed by atoms with Gasteiger partial charge in [-0.25, -0.2) is 4.79 Å². The number of fused-ring (bicyclic) bond motifs is 2. The number of furan rings is 1. The lowest BCUT2D eigenvalue weighted by atomic mass is 10.3. The Kier molecular flexibility index (Phi) is 4.23. The summed E-state index contributed by atoms with van der Waals surface area (Å²) >= 11 is 0. The topological polar surface area (TPSA) is 48.7 Å². The summed E-state index contributed by atoms with van der Waals surface area (Å²) in [6.45, 7) is 2.93. The van der Waals surface area contributed by atoms with Crippen LogP contribution >= 0.6 is 0 Å². The highest BCUT2D eigenvalue weighted by atomic mass is 16.5. The summed E-state index contributed by atoms with van der Waals surface area (Å²) in [6, 6.07) is 3.35. The second kappa shape index (κ2) is 6.10. The molecule has 0 saturated carbocycles. The van der Waals surface area contributed by atoms with Crippen molar-refractivity contribution in [1.29, 1.82) is 0 Å². The summed E-state index contributed by atoms with van der Waals surface area (Å²) in [5.41, 5.74) is 0. The Hall–Kier alpha value is -1.97. The molecule has 0 spiro atoms. The van der Waals surface area contributed by atoms with Gasteiger partial charge >= 0.3 is 5.97 Å². The van der Waals surface area contributed by atoms with Gasteiger partial charge in [0.05, 0.1) is 19.0 Å². The molecule has 4 heteroatoms. The third-order valence-corrected chi connectivity index (χ3v) is 2.52. The lowest BCUT2D eigenvalue weighted by molar-refractivity contribution is 0.0453. The molecule has 0 fully saturated rings. The van der Waals surface area contributed by atoms with Crippen LogP contribution in [0, 0.1) is 0 Å². The Morgan fingerprint density at radius 2 is 1.89 bits per heavy atom. The van der Waals surface area contributed by atoms with Crippen molar-refractivity contribution in [3.63, 3.8) is 0 Å². The number of hydrogen-bond acceptors (Lipinski definition) is 4. The summed E-state index contributed by atoms with van der Waals surface area (Å²) < 4.78 is 15.9. The molecule has 0 amide bonds. The Morgan fingerprint density at radius 3 is 2.72 bits per heavy atom. The van der Waals surface area contributed by atoms with Crippen molar-refractivity contribution in [2.45, 2.75) is 19.8 Å². The van der Waals surface area contributed by atoms with Crippen molar-refractivity contribution in [3.8, 4) is 0 Å². The highest BCUT2D eigenvalue weighted by Gasteiger charge is 2.11. The summed E-state index contributed by atoms with van der Waals surface area (Å²) in [4.78, 5) is 11.6. The van der Waals surface area contributed by atoms with Crippen LogP contribution < -0.4 is 0 Å². The SMILES string of the molecule is C/C1=C/C=C\c2ccc(o2)C(=O)OCCCCO1. The fourth-order valence-electron chi connectivity index (χ4n) is 1.55. The number of allylic oxidation sites excluding steroid dienone is 3. The monoisotopic (exact) mass is 248 g/mol. The van der Waals surface area contributed by atoms with Crippen LogP contribution in [0.5, 0.6) is 0 Å². The second-order valence-corrected chi connectivity index (χ2v) is 4.03. The van der Waals surface area contributed by atoms with Crippen LogP contribution in [0.1, 0.15) is 36.1 Å². The van der Waals surface area contributed by atoms with Gasteiger partial charge < -0.3 is 13.9 Å². The molecule has 4 nitrogen and oxygen atoms in total. The number of carbonyl (C=O) groups excluding carboxylic acids is 1. The average molecular weight is 248 g/mol. The van der Waals surface area contributed by atoms with E-state index in [0.717, 1.165) is 18.6 Å². The predicted octanol–water partition coefficient (Wildman–Crippen LogP) is 3.16. The van der Waals surface area contributed by atoms with Crippen LogP contribution in [-0.2, 0) is 9.47 Å². The zero-order chi connectivity index (χ0) is 12.8. The number of carbonyl (C=O) groups is 1. The van der Waals surface area contributed by atoms with Crippen molar-refractivity contribution in [1.82, 2.24) is 0 Å². The summed E-state index contributed by atoms with van der Waals surface area (Å²) in [6.07, 6.45) is 7.10. The first-order chi connectivity index (χ1) is 8.75. The van der Waals surface area contributed by atoms with Crippen molar-refractivity contribution in [2.75, 3.05) is 13.2 Å². The van der Waals surface area contributed by atoms with Gasteiger partial charge in [-0.15, -0.1) is 0 Å². The van der Waals surface area contributed by atoms with Crippen molar-refractivity contribution in [3.05, 3.63) is 41.6 Å². The van der Waals surface area contributed by atoms with Gasteiger partial charge in [0, 0.05) is 0 Å². The predicted molar refractivity (Wildman–Crippen MR) is 67.0 cm³/mol. The lowest BCUT2D eigenvalue weighted by Gasteiger charge is -2.06. The van der Waals surface area contributed by atoms with Crippen LogP contribution in [0.15, 0.2) is 34.5 Å². The quantitative estimate of drug-likeness (QED) is 0.662. The van der Waals surface area contributed by atoms with E-state index in [9.17, 15) is 4.79 Å². The van der Waals surface area contributed by atoms with Crippen molar-refractivity contribution in [2.24, 2.45) is 0 Å². The minimum Gasteiger partial charge on any atom is -0.498 e. The van der Waals surface area contributed by atoms with Crippen molar-refractivity contribution >= 4 is 12.0 Å². The molecule has 0 radical (unpaired) electrons. The molecule has 2 rings (SSSR count). The molecule has 1 aromatic rings. The van der Waals surface area contributed by atoms with E-state index in [4.69, 9.17) is 13.9 Å². The molecule has 0 N–H and O–H groups in total. The highest BCUT2D eigenvalue weighted by Crippen LogP contribution is 2.12. The Morgan fingerprint density at radius 1 is 1.11 bits per heavy atom. The van der Waals surface area contributed by atoms with Crippen molar-refractivity contribution < 1.29 is 18.7 Å². The van der Waals surface area contributed by atoms with E-state index >= 15 is 0 Å². The molecular formula is C14H16O4. The third-order valence-electron chi connectivity index (χ3n) is 2.52. The molecule has 1 aromatic heterocycles. The van der Waals surface area contributed by atoms with Crippen LogP contribution in [-0.4, -0.2) is 19.2 Å². The van der Waals surface area contributed by atoms with Gasteiger partial charge in [-0.2, -0.15) is 0 Å². The molecule has 0 aromatic carbocycles. The van der Waals surface area contributed by atoms with Gasteiger partial charge in [0.1, 0.15) is 5.76 Å². The first-order valence-corrected chi connectivity index (χ1v) is 6.00. The Balaban J connectivity index is 2.14. The summed E-state index contributed by atoms with van der Waals surface area (Å²) in [7, 11) is 0. The number of esters is 1. The molecule has 18 heavy (non-hydrogen) atoms. The van der Waals surface area contributed by atoms with Crippen LogP contribution in [0.4, 0.5) is 0 Å². The zero-order valence-corrected chi connectivity index (χ0v) is 10.3. The van der Waals surface area contributed by atoms with E-state index in [1.807, 2.05) is 19.1 Å². The standard InChI is InChI=1S/C14H16O4/c1-11-5-4-6-12-7-8-13(18-12)14(15)17-10-3-2-9-16-11/h4-8H,2-3,9-10H2,1H3/b6-4-,11-5-. The minimum atomic E-state index is -0.417. The first kappa shape index (κ1) is 12.5. The molecular weight excluding hydrogens is 232 g/mol. The third kappa shape index (κ3) is 3.52.